The third-order valence-electron chi connectivity index (χ3n) is 7.75. The van der Waals surface area contributed by atoms with Crippen LogP contribution in [0.2, 0.25) is 0 Å². The lowest BCUT2D eigenvalue weighted by atomic mass is 9.86. The minimum atomic E-state index is 0.183. The van der Waals surface area contributed by atoms with Crippen molar-refractivity contribution >= 4 is 11.0 Å². The van der Waals surface area contributed by atoms with Gasteiger partial charge in [-0.15, -0.1) is 0 Å². The first-order valence-corrected chi connectivity index (χ1v) is 15.3. The average molecular weight is 503 g/mol. The minimum Gasteiger partial charge on any atom is -0.460 e. The van der Waals surface area contributed by atoms with Gasteiger partial charge >= 0.3 is 0 Å². The molecule has 0 fully saturated rings. The smallest absolute Gasteiger partial charge is 0.201 e. The summed E-state index contributed by atoms with van der Waals surface area (Å²) in [7, 11) is 0. The predicted molar refractivity (Wildman–Crippen MR) is 161 cm³/mol. The zero-order valence-corrected chi connectivity index (χ0v) is 24.1. The van der Waals surface area contributed by atoms with E-state index in [-0.39, 0.29) is 5.43 Å². The lowest BCUT2D eigenvalue weighted by Crippen LogP contribution is -2.14. The number of aryl methyl sites for hydroxylation is 3. The first-order chi connectivity index (χ1) is 18.2. The second kappa shape index (κ2) is 15.8. The Hall–Kier alpha value is -2.35. The Labute approximate surface area is 225 Å². The standard InChI is InChI=1S/C35H50O2/c1-5-9-14-22-28-26-32-34(30(24-16-11-7-3)29(28)23-15-10-6-2)35(36)33(27-20-18-13-19-21-27)31(37-32)25-17-12-8-4/h13,18-21,26H,5-12,14-17,22-25H2,1-4H3. The van der Waals surface area contributed by atoms with Crippen molar-refractivity contribution in [3.63, 3.8) is 0 Å². The number of hydrogen-bond donors (Lipinski definition) is 0. The molecule has 2 heteroatoms. The quantitative estimate of drug-likeness (QED) is 0.172. The van der Waals surface area contributed by atoms with Crippen molar-refractivity contribution in [2.24, 2.45) is 0 Å². The topological polar surface area (TPSA) is 30.2 Å². The van der Waals surface area contributed by atoms with Crippen LogP contribution in [0.3, 0.4) is 0 Å². The fourth-order valence-electron chi connectivity index (χ4n) is 5.66. The van der Waals surface area contributed by atoms with Crippen molar-refractivity contribution in [1.29, 1.82) is 0 Å². The van der Waals surface area contributed by atoms with E-state index in [1.807, 2.05) is 18.2 Å². The highest BCUT2D eigenvalue weighted by atomic mass is 16.3. The van der Waals surface area contributed by atoms with Crippen molar-refractivity contribution in [3.05, 3.63) is 69.1 Å². The van der Waals surface area contributed by atoms with E-state index in [0.29, 0.717) is 0 Å². The van der Waals surface area contributed by atoms with Gasteiger partial charge in [-0.25, -0.2) is 0 Å². The molecule has 0 saturated heterocycles. The van der Waals surface area contributed by atoms with E-state index in [1.54, 1.807) is 0 Å². The van der Waals surface area contributed by atoms with Gasteiger partial charge in [-0.05, 0) is 73.3 Å². The highest BCUT2D eigenvalue weighted by Crippen LogP contribution is 2.33. The maximum atomic E-state index is 14.4. The maximum absolute atomic E-state index is 14.4. The Morgan fingerprint density at radius 3 is 1.76 bits per heavy atom. The summed E-state index contributed by atoms with van der Waals surface area (Å²) in [5, 5.41) is 0.861. The molecule has 0 radical (unpaired) electrons. The molecule has 2 nitrogen and oxygen atoms in total. The molecule has 0 aliphatic carbocycles. The predicted octanol–water partition coefficient (Wildman–Crippen LogP) is 10.4. The lowest BCUT2D eigenvalue weighted by molar-refractivity contribution is 0.520. The molecule has 0 amide bonds. The number of unbranched alkanes of at least 4 members (excludes halogenated alkanes) is 8. The molecular weight excluding hydrogens is 452 g/mol. The van der Waals surface area contributed by atoms with Gasteiger partial charge in [0.05, 0.1) is 10.9 Å². The van der Waals surface area contributed by atoms with E-state index < -0.39 is 0 Å². The summed E-state index contributed by atoms with van der Waals surface area (Å²) in [6.45, 7) is 9.02. The zero-order chi connectivity index (χ0) is 26.5. The normalized spacial score (nSPS) is 11.5. The van der Waals surface area contributed by atoms with Crippen LogP contribution in [-0.2, 0) is 25.7 Å². The Morgan fingerprint density at radius 2 is 1.16 bits per heavy atom. The van der Waals surface area contributed by atoms with Gasteiger partial charge in [0.25, 0.3) is 0 Å². The molecule has 0 N–H and O–H groups in total. The summed E-state index contributed by atoms with van der Waals surface area (Å²) in [5.41, 5.74) is 6.97. The monoisotopic (exact) mass is 502 g/mol. The molecule has 202 valence electrons. The van der Waals surface area contributed by atoms with Gasteiger partial charge in [0.15, 0.2) is 0 Å². The molecule has 0 bridgehead atoms. The van der Waals surface area contributed by atoms with E-state index >= 15 is 0 Å². The Bertz CT molecular complexity index is 1140. The van der Waals surface area contributed by atoms with Crippen LogP contribution in [0.4, 0.5) is 0 Å². The molecular formula is C35H50O2. The van der Waals surface area contributed by atoms with Crippen molar-refractivity contribution in [3.8, 4) is 11.1 Å². The number of benzene rings is 2. The van der Waals surface area contributed by atoms with Gasteiger partial charge in [0.1, 0.15) is 11.3 Å². The summed E-state index contributed by atoms with van der Waals surface area (Å²) in [6, 6.07) is 12.5. The fourth-order valence-corrected chi connectivity index (χ4v) is 5.66. The average Bonchev–Trinajstić information content (AvgIpc) is 2.90. The molecule has 0 atom stereocenters. The third-order valence-corrected chi connectivity index (χ3v) is 7.75. The third kappa shape index (κ3) is 7.82. The Kier molecular flexibility index (Phi) is 12.5. The molecule has 3 aromatic rings. The highest BCUT2D eigenvalue weighted by molar-refractivity contribution is 5.87. The molecule has 37 heavy (non-hydrogen) atoms. The van der Waals surface area contributed by atoms with Crippen LogP contribution in [0.25, 0.3) is 22.1 Å². The number of hydrogen-bond acceptors (Lipinski definition) is 2. The largest absolute Gasteiger partial charge is 0.460 e. The van der Waals surface area contributed by atoms with E-state index in [2.05, 4.69) is 45.9 Å². The van der Waals surface area contributed by atoms with Crippen molar-refractivity contribution in [1.82, 2.24) is 0 Å². The van der Waals surface area contributed by atoms with Gasteiger partial charge in [0, 0.05) is 6.42 Å². The summed E-state index contributed by atoms with van der Waals surface area (Å²) in [4.78, 5) is 14.4. The molecule has 1 heterocycles. The lowest BCUT2D eigenvalue weighted by Gasteiger charge is -2.20. The number of fused-ring (bicyclic) bond motifs is 1. The van der Waals surface area contributed by atoms with E-state index in [0.717, 1.165) is 79.2 Å². The van der Waals surface area contributed by atoms with Gasteiger partial charge < -0.3 is 4.42 Å². The number of rotatable bonds is 17. The fraction of sp³-hybridized carbons (Fsp3) is 0.571. The van der Waals surface area contributed by atoms with E-state index in [1.165, 1.54) is 68.1 Å². The maximum Gasteiger partial charge on any atom is 0.201 e. The van der Waals surface area contributed by atoms with Gasteiger partial charge in [-0.1, -0.05) is 109 Å². The zero-order valence-electron chi connectivity index (χ0n) is 24.1. The van der Waals surface area contributed by atoms with Crippen molar-refractivity contribution < 1.29 is 4.42 Å². The molecule has 0 aliphatic heterocycles. The molecule has 0 saturated carbocycles. The first kappa shape index (κ1) is 29.2. The van der Waals surface area contributed by atoms with Crippen LogP contribution < -0.4 is 5.43 Å². The van der Waals surface area contributed by atoms with Crippen LogP contribution >= 0.6 is 0 Å². The second-order valence-corrected chi connectivity index (χ2v) is 10.8. The van der Waals surface area contributed by atoms with Gasteiger partial charge in [-0.2, -0.15) is 0 Å². The Morgan fingerprint density at radius 1 is 0.622 bits per heavy atom. The molecule has 0 aliphatic rings. The van der Waals surface area contributed by atoms with Gasteiger partial charge in [-0.3, -0.25) is 4.79 Å². The highest BCUT2D eigenvalue weighted by Gasteiger charge is 2.22. The SMILES string of the molecule is CCCCCc1cc2oc(CCCCC)c(-c3ccccc3)c(=O)c2c(CCCCC)c1CCCCC. The Balaban J connectivity index is 2.28. The van der Waals surface area contributed by atoms with E-state index in [9.17, 15) is 4.79 Å². The summed E-state index contributed by atoms with van der Waals surface area (Å²) in [5.74, 6) is 0.870. The van der Waals surface area contributed by atoms with E-state index in [4.69, 9.17) is 4.42 Å². The summed E-state index contributed by atoms with van der Waals surface area (Å²) < 4.78 is 6.75. The molecule has 1 aromatic heterocycles. The van der Waals surface area contributed by atoms with Crippen LogP contribution in [0, 0.1) is 0 Å². The van der Waals surface area contributed by atoms with Gasteiger partial charge in [0.2, 0.25) is 5.43 Å². The molecule has 0 spiro atoms. The van der Waals surface area contributed by atoms with Crippen LogP contribution in [-0.4, -0.2) is 0 Å². The summed E-state index contributed by atoms with van der Waals surface area (Å²) in [6.07, 6.45) is 18.1. The van der Waals surface area contributed by atoms with Crippen molar-refractivity contribution in [2.75, 3.05) is 0 Å². The molecule has 2 aromatic carbocycles. The molecule has 0 unspecified atom stereocenters. The van der Waals surface area contributed by atoms with Crippen LogP contribution in [0.5, 0.6) is 0 Å². The van der Waals surface area contributed by atoms with Crippen LogP contribution in [0.15, 0.2) is 45.6 Å². The summed E-state index contributed by atoms with van der Waals surface area (Å²) >= 11 is 0. The minimum absolute atomic E-state index is 0.183. The second-order valence-electron chi connectivity index (χ2n) is 10.8. The van der Waals surface area contributed by atoms with Crippen LogP contribution in [0.1, 0.15) is 127 Å². The molecule has 3 rings (SSSR count). The first-order valence-electron chi connectivity index (χ1n) is 15.3. The van der Waals surface area contributed by atoms with Crippen molar-refractivity contribution in [2.45, 2.75) is 130 Å².